The molecule has 0 saturated carbocycles. The number of amidine groups is 1. The number of aromatic nitrogens is 4. The van der Waals surface area contributed by atoms with Gasteiger partial charge in [0.05, 0.1) is 5.69 Å². The number of aliphatic imine (C=N–C) groups is 1. The summed E-state index contributed by atoms with van der Waals surface area (Å²) >= 11 is 0. The maximum atomic E-state index is 12.7. The summed E-state index contributed by atoms with van der Waals surface area (Å²) in [5, 5.41) is 3.02. The smallest absolute Gasteiger partial charge is 0.282 e. The second-order valence-corrected chi connectivity index (χ2v) is 5.54. The Morgan fingerprint density at radius 2 is 1.75 bits per heavy atom. The van der Waals surface area contributed by atoms with E-state index in [2.05, 4.69) is 20.1 Å². The molecule has 0 aliphatic carbocycles. The number of aryl methyl sites for hydroxylation is 3. The van der Waals surface area contributed by atoms with E-state index in [0.29, 0.717) is 11.3 Å². The number of hydrogen-bond acceptors (Lipinski definition) is 4. The lowest BCUT2D eigenvalue weighted by Crippen LogP contribution is -2.25. The fraction of sp³-hybridized carbons (Fsp3) is 0.176. The standard InChI is InChI=1S/C17H18N6O/c1-10-9-11(2)20-17(19-10)21-15(18)14-12(3)22-23(16(14)24)13-7-5-4-6-8-13/h4-9,22H,1-3H3,(H2,18,19,20,21). The van der Waals surface area contributed by atoms with Gasteiger partial charge in [-0.2, -0.15) is 4.99 Å². The van der Waals surface area contributed by atoms with Crippen molar-refractivity contribution < 1.29 is 0 Å². The molecule has 0 amide bonds. The average molecular weight is 322 g/mol. The van der Waals surface area contributed by atoms with Crippen LogP contribution < -0.4 is 11.3 Å². The molecule has 2 heterocycles. The molecule has 0 fully saturated rings. The van der Waals surface area contributed by atoms with Gasteiger partial charge < -0.3 is 5.73 Å². The zero-order valence-electron chi connectivity index (χ0n) is 13.7. The van der Waals surface area contributed by atoms with Crippen LogP contribution in [-0.2, 0) is 0 Å². The third-order valence-corrected chi connectivity index (χ3v) is 3.53. The van der Waals surface area contributed by atoms with Crippen molar-refractivity contribution in [2.75, 3.05) is 0 Å². The topological polar surface area (TPSA) is 102 Å². The second kappa shape index (κ2) is 6.11. The minimum Gasteiger partial charge on any atom is -0.383 e. The molecule has 7 heteroatoms. The molecule has 24 heavy (non-hydrogen) atoms. The molecule has 0 aliphatic rings. The minimum absolute atomic E-state index is 0.0911. The normalized spacial score (nSPS) is 11.7. The first-order valence-electron chi connectivity index (χ1n) is 7.49. The van der Waals surface area contributed by atoms with E-state index < -0.39 is 0 Å². The Balaban J connectivity index is 2.08. The fourth-order valence-electron chi connectivity index (χ4n) is 2.53. The molecule has 0 saturated heterocycles. The van der Waals surface area contributed by atoms with Crippen LogP contribution in [0.25, 0.3) is 5.69 Å². The zero-order chi connectivity index (χ0) is 17.3. The van der Waals surface area contributed by atoms with Gasteiger partial charge >= 0.3 is 0 Å². The van der Waals surface area contributed by atoms with E-state index in [1.54, 1.807) is 6.92 Å². The van der Waals surface area contributed by atoms with Crippen molar-refractivity contribution >= 4 is 11.8 Å². The first-order chi connectivity index (χ1) is 11.5. The number of hydrogen-bond donors (Lipinski definition) is 2. The third kappa shape index (κ3) is 2.96. The Kier molecular flexibility index (Phi) is 3.99. The molecule has 3 rings (SSSR count). The van der Waals surface area contributed by atoms with Crippen LogP contribution in [0.2, 0.25) is 0 Å². The summed E-state index contributed by atoms with van der Waals surface area (Å²) in [6, 6.07) is 11.1. The molecule has 0 atom stereocenters. The van der Waals surface area contributed by atoms with Crippen molar-refractivity contribution in [3.63, 3.8) is 0 Å². The first kappa shape index (κ1) is 15.7. The number of aromatic amines is 1. The predicted octanol–water partition coefficient (Wildman–Crippen LogP) is 1.92. The highest BCUT2D eigenvalue weighted by Crippen LogP contribution is 2.11. The van der Waals surface area contributed by atoms with Crippen molar-refractivity contribution in [2.45, 2.75) is 20.8 Å². The van der Waals surface area contributed by atoms with Crippen LogP contribution in [0.4, 0.5) is 5.95 Å². The van der Waals surface area contributed by atoms with Gasteiger partial charge in [-0.15, -0.1) is 0 Å². The van der Waals surface area contributed by atoms with Gasteiger partial charge in [-0.25, -0.2) is 14.6 Å². The van der Waals surface area contributed by atoms with Crippen molar-refractivity contribution in [1.29, 1.82) is 0 Å². The highest BCUT2D eigenvalue weighted by atomic mass is 16.1. The summed E-state index contributed by atoms with van der Waals surface area (Å²) < 4.78 is 1.44. The molecule has 7 nitrogen and oxygen atoms in total. The number of para-hydroxylation sites is 1. The molecule has 3 aromatic rings. The Hall–Kier alpha value is -3.22. The number of benzene rings is 1. The van der Waals surface area contributed by atoms with Crippen LogP contribution in [0.1, 0.15) is 22.6 Å². The third-order valence-electron chi connectivity index (χ3n) is 3.53. The number of nitrogens with zero attached hydrogens (tertiary/aromatic N) is 4. The van der Waals surface area contributed by atoms with Gasteiger partial charge in [0, 0.05) is 17.1 Å². The van der Waals surface area contributed by atoms with E-state index in [1.807, 2.05) is 50.2 Å². The highest BCUT2D eigenvalue weighted by molar-refractivity contribution is 5.99. The van der Waals surface area contributed by atoms with E-state index in [1.165, 1.54) is 4.68 Å². The van der Waals surface area contributed by atoms with Crippen molar-refractivity contribution in [3.8, 4) is 5.69 Å². The van der Waals surface area contributed by atoms with Crippen LogP contribution in [0, 0.1) is 20.8 Å². The van der Waals surface area contributed by atoms with Crippen molar-refractivity contribution in [3.05, 3.63) is 69.4 Å². The highest BCUT2D eigenvalue weighted by Gasteiger charge is 2.16. The van der Waals surface area contributed by atoms with Gasteiger partial charge in [-0.3, -0.25) is 9.89 Å². The Morgan fingerprint density at radius 1 is 1.12 bits per heavy atom. The maximum Gasteiger partial charge on any atom is 0.282 e. The van der Waals surface area contributed by atoms with Crippen molar-refractivity contribution in [1.82, 2.24) is 19.7 Å². The summed E-state index contributed by atoms with van der Waals surface area (Å²) in [6.07, 6.45) is 0. The molecule has 0 unspecified atom stereocenters. The van der Waals surface area contributed by atoms with E-state index >= 15 is 0 Å². The van der Waals surface area contributed by atoms with E-state index in [0.717, 1.165) is 17.1 Å². The Bertz CT molecular complexity index is 948. The summed E-state index contributed by atoms with van der Waals surface area (Å²) in [5.74, 6) is 0.338. The number of H-pyrrole nitrogens is 1. The molecule has 1 aromatic carbocycles. The van der Waals surface area contributed by atoms with Gasteiger partial charge in [0.1, 0.15) is 11.4 Å². The van der Waals surface area contributed by atoms with E-state index in [4.69, 9.17) is 5.73 Å². The molecular formula is C17H18N6O. The number of rotatable bonds is 3. The van der Waals surface area contributed by atoms with E-state index in [-0.39, 0.29) is 17.3 Å². The monoisotopic (exact) mass is 322 g/mol. The zero-order valence-corrected chi connectivity index (χ0v) is 13.7. The maximum absolute atomic E-state index is 12.7. The van der Waals surface area contributed by atoms with Gasteiger partial charge in [0.25, 0.3) is 11.5 Å². The second-order valence-electron chi connectivity index (χ2n) is 5.54. The summed E-state index contributed by atoms with van der Waals surface area (Å²) in [7, 11) is 0. The number of nitrogens with one attached hydrogen (secondary N) is 1. The summed E-state index contributed by atoms with van der Waals surface area (Å²) in [6.45, 7) is 5.49. The van der Waals surface area contributed by atoms with Crippen LogP contribution in [0.5, 0.6) is 0 Å². The first-order valence-corrected chi connectivity index (χ1v) is 7.49. The lowest BCUT2D eigenvalue weighted by molar-refractivity contribution is 0.835. The number of nitrogens with two attached hydrogens (primary N) is 1. The quantitative estimate of drug-likeness (QED) is 0.568. The summed E-state index contributed by atoms with van der Waals surface area (Å²) in [5.41, 5.74) is 9.07. The molecule has 3 N–H and O–H groups in total. The molecular weight excluding hydrogens is 304 g/mol. The largest absolute Gasteiger partial charge is 0.383 e. The molecule has 0 aliphatic heterocycles. The molecule has 0 bridgehead atoms. The molecule has 0 radical (unpaired) electrons. The predicted molar refractivity (Wildman–Crippen MR) is 93.0 cm³/mol. The minimum atomic E-state index is -0.260. The molecule has 0 spiro atoms. The van der Waals surface area contributed by atoms with Gasteiger partial charge in [0.15, 0.2) is 0 Å². The van der Waals surface area contributed by atoms with Crippen LogP contribution in [0.15, 0.2) is 46.2 Å². The SMILES string of the molecule is Cc1cc(C)nc(/N=C(\N)c2c(C)[nH]n(-c3ccccc3)c2=O)n1. The van der Waals surface area contributed by atoms with Crippen LogP contribution in [-0.4, -0.2) is 25.6 Å². The molecule has 122 valence electrons. The average Bonchev–Trinajstić information content (AvgIpc) is 2.82. The molecule has 2 aromatic heterocycles. The van der Waals surface area contributed by atoms with Gasteiger partial charge in [-0.1, -0.05) is 18.2 Å². The van der Waals surface area contributed by atoms with Crippen molar-refractivity contribution in [2.24, 2.45) is 10.7 Å². The summed E-state index contributed by atoms with van der Waals surface area (Å²) in [4.78, 5) is 25.4. The van der Waals surface area contributed by atoms with Crippen LogP contribution in [0.3, 0.4) is 0 Å². The fourth-order valence-corrected chi connectivity index (χ4v) is 2.53. The Morgan fingerprint density at radius 3 is 2.38 bits per heavy atom. The lowest BCUT2D eigenvalue weighted by Gasteiger charge is -2.00. The lowest BCUT2D eigenvalue weighted by atomic mass is 10.2. The van der Waals surface area contributed by atoms with Crippen LogP contribution >= 0.6 is 0 Å². The van der Waals surface area contributed by atoms with E-state index in [9.17, 15) is 4.79 Å². The Labute approximate surface area is 138 Å². The van der Waals surface area contributed by atoms with Gasteiger partial charge in [-0.05, 0) is 39.0 Å². The van der Waals surface area contributed by atoms with Gasteiger partial charge in [0.2, 0.25) is 0 Å².